The maximum absolute atomic E-state index is 13.8. The average molecular weight is 541 g/mol. The molecular formula is C28H24N6O4S. The molecule has 11 heteroatoms. The van der Waals surface area contributed by atoms with Crippen LogP contribution in [-0.2, 0) is 16.7 Å². The summed E-state index contributed by atoms with van der Waals surface area (Å²) in [7, 11) is -4.10. The van der Waals surface area contributed by atoms with Crippen molar-refractivity contribution in [1.29, 1.82) is 5.26 Å². The number of nitrogens with zero attached hydrogens (tertiary/aromatic N) is 6. The van der Waals surface area contributed by atoms with Crippen molar-refractivity contribution in [2.75, 3.05) is 18.0 Å². The van der Waals surface area contributed by atoms with Crippen molar-refractivity contribution in [1.82, 2.24) is 19.2 Å². The minimum Gasteiger partial charge on any atom is -0.379 e. The minimum absolute atomic E-state index is 0.0250. The summed E-state index contributed by atoms with van der Waals surface area (Å²) >= 11 is 0. The van der Waals surface area contributed by atoms with Crippen LogP contribution in [0.5, 0.6) is 5.75 Å². The van der Waals surface area contributed by atoms with Crippen LogP contribution in [0.1, 0.15) is 29.5 Å². The fourth-order valence-corrected chi connectivity index (χ4v) is 5.76. The molecule has 1 saturated heterocycles. The van der Waals surface area contributed by atoms with Gasteiger partial charge in [0.25, 0.3) is 5.56 Å². The highest BCUT2D eigenvalue weighted by Crippen LogP contribution is 2.27. The standard InChI is InChI=1S/C28H24N6O4S/c1-19-4-11-23(12-5-19)39(36,37)38-22-10-13-25-24(16-22)26(35)33(18-21-8-6-20(17-29)7-9-21)28-31-30-27(34(25)28)32-14-2-3-15-32/h4-13,16H,2-3,14-15,18H2,1H3. The first-order chi connectivity index (χ1) is 18.8. The zero-order valence-electron chi connectivity index (χ0n) is 21.1. The van der Waals surface area contributed by atoms with E-state index < -0.39 is 10.1 Å². The van der Waals surface area contributed by atoms with Crippen LogP contribution >= 0.6 is 0 Å². The first kappa shape index (κ1) is 24.6. The summed E-state index contributed by atoms with van der Waals surface area (Å²) in [4.78, 5) is 16.0. The molecule has 39 heavy (non-hydrogen) atoms. The fourth-order valence-electron chi connectivity index (χ4n) is 4.84. The number of aryl methyl sites for hydroxylation is 1. The van der Waals surface area contributed by atoms with Crippen LogP contribution < -0.4 is 14.6 Å². The van der Waals surface area contributed by atoms with Crippen molar-refractivity contribution in [3.63, 3.8) is 0 Å². The van der Waals surface area contributed by atoms with E-state index in [1.807, 2.05) is 11.3 Å². The zero-order chi connectivity index (χ0) is 27.1. The van der Waals surface area contributed by atoms with Crippen molar-refractivity contribution in [2.45, 2.75) is 31.2 Å². The molecule has 0 atom stereocenters. The zero-order valence-corrected chi connectivity index (χ0v) is 21.9. The van der Waals surface area contributed by atoms with Gasteiger partial charge in [0.2, 0.25) is 11.7 Å². The van der Waals surface area contributed by atoms with Gasteiger partial charge in [-0.05, 0) is 67.8 Å². The largest absolute Gasteiger partial charge is 0.379 e. The van der Waals surface area contributed by atoms with Crippen LogP contribution in [0.4, 0.5) is 5.95 Å². The number of hydrogen-bond acceptors (Lipinski definition) is 8. The second-order valence-electron chi connectivity index (χ2n) is 9.56. The number of fused-ring (bicyclic) bond motifs is 3. The first-order valence-corrected chi connectivity index (χ1v) is 13.9. The van der Waals surface area contributed by atoms with Gasteiger partial charge >= 0.3 is 10.1 Å². The lowest BCUT2D eigenvalue weighted by molar-refractivity contribution is 0.486. The van der Waals surface area contributed by atoms with Gasteiger partial charge in [0, 0.05) is 13.1 Å². The topological polar surface area (TPSA) is 123 Å². The number of rotatable bonds is 6. The summed E-state index contributed by atoms with van der Waals surface area (Å²) in [5, 5.41) is 18.2. The van der Waals surface area contributed by atoms with Gasteiger partial charge in [-0.3, -0.25) is 9.36 Å². The molecular weight excluding hydrogens is 516 g/mol. The smallest absolute Gasteiger partial charge is 0.339 e. The molecule has 5 aromatic rings. The van der Waals surface area contributed by atoms with Crippen molar-refractivity contribution in [2.24, 2.45) is 0 Å². The van der Waals surface area contributed by atoms with Crippen LogP contribution in [0.3, 0.4) is 0 Å². The maximum Gasteiger partial charge on any atom is 0.339 e. The molecule has 196 valence electrons. The third-order valence-corrected chi connectivity index (χ3v) is 8.14. The second-order valence-corrected chi connectivity index (χ2v) is 11.1. The summed E-state index contributed by atoms with van der Waals surface area (Å²) in [6.07, 6.45) is 2.07. The van der Waals surface area contributed by atoms with Gasteiger partial charge in [-0.1, -0.05) is 29.8 Å². The Kier molecular flexibility index (Phi) is 6.04. The average Bonchev–Trinajstić information content (AvgIpc) is 3.62. The Morgan fingerprint density at radius 2 is 1.69 bits per heavy atom. The fraction of sp³-hybridized carbons (Fsp3) is 0.214. The van der Waals surface area contributed by atoms with Gasteiger partial charge in [0.05, 0.1) is 29.1 Å². The minimum atomic E-state index is -4.10. The van der Waals surface area contributed by atoms with Crippen LogP contribution in [0, 0.1) is 18.3 Å². The maximum atomic E-state index is 13.8. The van der Waals surface area contributed by atoms with Gasteiger partial charge < -0.3 is 9.08 Å². The highest BCUT2D eigenvalue weighted by Gasteiger charge is 2.24. The van der Waals surface area contributed by atoms with E-state index in [-0.39, 0.29) is 28.1 Å². The molecule has 0 spiro atoms. The summed E-state index contributed by atoms with van der Waals surface area (Å²) in [5.41, 5.74) is 2.44. The summed E-state index contributed by atoms with van der Waals surface area (Å²) < 4.78 is 34.7. The van der Waals surface area contributed by atoms with Crippen LogP contribution in [0.15, 0.2) is 76.4 Å². The first-order valence-electron chi connectivity index (χ1n) is 12.5. The molecule has 0 bridgehead atoms. The Hall–Kier alpha value is -4.69. The number of aromatic nitrogens is 4. The molecule has 2 aromatic heterocycles. The van der Waals surface area contributed by atoms with E-state index in [1.54, 1.807) is 42.5 Å². The Morgan fingerprint density at radius 1 is 0.974 bits per heavy atom. The Labute approximate surface area is 224 Å². The van der Waals surface area contributed by atoms with E-state index in [2.05, 4.69) is 21.2 Å². The molecule has 3 heterocycles. The SMILES string of the molecule is Cc1ccc(S(=O)(=O)Oc2ccc3c(c2)c(=O)n(Cc2ccc(C#N)cc2)c2nnc(N4CCCC4)n32)cc1. The monoisotopic (exact) mass is 540 g/mol. The Morgan fingerprint density at radius 3 is 2.38 bits per heavy atom. The Bertz CT molecular complexity index is 1910. The van der Waals surface area contributed by atoms with E-state index in [4.69, 9.17) is 9.44 Å². The highest BCUT2D eigenvalue weighted by molar-refractivity contribution is 7.87. The lowest BCUT2D eigenvalue weighted by atomic mass is 10.1. The molecule has 0 N–H and O–H groups in total. The molecule has 0 aliphatic carbocycles. The summed E-state index contributed by atoms with van der Waals surface area (Å²) in [6.45, 7) is 3.71. The predicted molar refractivity (Wildman–Crippen MR) is 145 cm³/mol. The van der Waals surface area contributed by atoms with E-state index in [1.165, 1.54) is 28.8 Å². The normalized spacial score (nSPS) is 13.7. The van der Waals surface area contributed by atoms with Crippen LogP contribution in [-0.4, -0.2) is 40.7 Å². The van der Waals surface area contributed by atoms with Gasteiger partial charge in [-0.2, -0.15) is 13.7 Å². The van der Waals surface area contributed by atoms with Gasteiger partial charge in [0.1, 0.15) is 10.6 Å². The van der Waals surface area contributed by atoms with Crippen molar-refractivity contribution >= 4 is 32.7 Å². The lowest BCUT2D eigenvalue weighted by Gasteiger charge is -2.17. The van der Waals surface area contributed by atoms with E-state index in [9.17, 15) is 13.2 Å². The van der Waals surface area contributed by atoms with Gasteiger partial charge in [0.15, 0.2) is 0 Å². The summed E-state index contributed by atoms with van der Waals surface area (Å²) in [5.74, 6) is 1.03. The lowest BCUT2D eigenvalue weighted by Crippen LogP contribution is -2.26. The van der Waals surface area contributed by atoms with E-state index in [0.29, 0.717) is 22.8 Å². The molecule has 0 unspecified atom stereocenters. The van der Waals surface area contributed by atoms with Crippen molar-refractivity contribution in [3.8, 4) is 11.8 Å². The van der Waals surface area contributed by atoms with Gasteiger partial charge in [-0.25, -0.2) is 4.40 Å². The number of nitriles is 1. The quantitative estimate of drug-likeness (QED) is 0.299. The molecule has 6 rings (SSSR count). The Balaban J connectivity index is 1.50. The molecule has 0 radical (unpaired) electrons. The molecule has 10 nitrogen and oxygen atoms in total. The number of hydrogen-bond donors (Lipinski definition) is 0. The molecule has 1 aliphatic heterocycles. The van der Waals surface area contributed by atoms with Crippen molar-refractivity contribution in [3.05, 3.63) is 93.8 Å². The van der Waals surface area contributed by atoms with E-state index >= 15 is 0 Å². The molecule has 0 amide bonds. The van der Waals surface area contributed by atoms with Crippen LogP contribution in [0.25, 0.3) is 16.7 Å². The van der Waals surface area contributed by atoms with Crippen LogP contribution in [0.2, 0.25) is 0 Å². The second kappa shape index (κ2) is 9.56. The van der Waals surface area contributed by atoms with Crippen molar-refractivity contribution < 1.29 is 12.6 Å². The third kappa shape index (κ3) is 4.49. The molecule has 3 aromatic carbocycles. The number of anilines is 1. The molecule has 0 saturated carbocycles. The molecule has 1 aliphatic rings. The van der Waals surface area contributed by atoms with E-state index in [0.717, 1.165) is 37.1 Å². The van der Waals surface area contributed by atoms with Gasteiger partial charge in [-0.15, -0.1) is 10.2 Å². The predicted octanol–water partition coefficient (Wildman–Crippen LogP) is 3.64. The number of benzene rings is 3. The molecule has 1 fully saturated rings. The summed E-state index contributed by atoms with van der Waals surface area (Å²) in [6, 6.07) is 20.1. The third-order valence-electron chi connectivity index (χ3n) is 6.88. The highest BCUT2D eigenvalue weighted by atomic mass is 32.2.